The smallest absolute Gasteiger partial charge is 0.151 e. The molecule has 3 atom stereocenters. The van der Waals surface area contributed by atoms with Crippen LogP contribution in [0.15, 0.2) is 0 Å². The first kappa shape index (κ1) is 16.0. The number of rotatable bonds is 6. The van der Waals surface area contributed by atoms with Gasteiger partial charge in [-0.2, -0.15) is 0 Å². The van der Waals surface area contributed by atoms with E-state index in [0.717, 1.165) is 5.92 Å². The molecule has 3 nitrogen and oxygen atoms in total. The molecule has 1 aliphatic rings. The van der Waals surface area contributed by atoms with Crippen molar-refractivity contribution in [1.29, 1.82) is 0 Å². The van der Waals surface area contributed by atoms with Gasteiger partial charge < -0.3 is 5.32 Å². The van der Waals surface area contributed by atoms with Crippen molar-refractivity contribution in [3.8, 4) is 0 Å². The lowest BCUT2D eigenvalue weighted by molar-refractivity contribution is 0.172. The van der Waals surface area contributed by atoms with Crippen molar-refractivity contribution < 1.29 is 8.42 Å². The van der Waals surface area contributed by atoms with Gasteiger partial charge in [0, 0.05) is 18.3 Å². The number of hydrogen-bond acceptors (Lipinski definition) is 3. The van der Waals surface area contributed by atoms with Crippen LogP contribution in [0.5, 0.6) is 0 Å². The zero-order valence-corrected chi connectivity index (χ0v) is 13.1. The summed E-state index contributed by atoms with van der Waals surface area (Å²) >= 11 is 0. The van der Waals surface area contributed by atoms with Crippen molar-refractivity contribution in [3.05, 3.63) is 0 Å². The third-order valence-electron chi connectivity index (χ3n) is 4.28. The van der Waals surface area contributed by atoms with Crippen molar-refractivity contribution in [1.82, 2.24) is 5.32 Å². The normalized spacial score (nSPS) is 29.7. The standard InChI is InChI=1S/C14H29NO2S/c1-5-18(16,17)9-8-15-14-10-12(4)6-7-13(14)11(2)3/h11-15H,5-10H2,1-4H3. The summed E-state index contributed by atoms with van der Waals surface area (Å²) in [6.45, 7) is 9.18. The van der Waals surface area contributed by atoms with Crippen LogP contribution in [0.25, 0.3) is 0 Å². The number of hydrogen-bond donors (Lipinski definition) is 1. The summed E-state index contributed by atoms with van der Waals surface area (Å²) in [4.78, 5) is 0. The van der Waals surface area contributed by atoms with Crippen LogP contribution < -0.4 is 5.32 Å². The molecule has 1 saturated carbocycles. The topological polar surface area (TPSA) is 46.2 Å². The van der Waals surface area contributed by atoms with Crippen molar-refractivity contribution in [2.24, 2.45) is 17.8 Å². The Balaban J connectivity index is 2.46. The van der Waals surface area contributed by atoms with E-state index in [1.807, 2.05) is 0 Å². The Morgan fingerprint density at radius 3 is 2.50 bits per heavy atom. The Morgan fingerprint density at radius 1 is 1.28 bits per heavy atom. The molecule has 0 spiro atoms. The Kier molecular flexibility index (Phi) is 6.12. The summed E-state index contributed by atoms with van der Waals surface area (Å²) in [5, 5.41) is 3.49. The summed E-state index contributed by atoms with van der Waals surface area (Å²) in [5.74, 6) is 2.67. The van der Waals surface area contributed by atoms with Crippen LogP contribution in [0.1, 0.15) is 47.0 Å². The fraction of sp³-hybridized carbons (Fsp3) is 1.00. The van der Waals surface area contributed by atoms with Crippen molar-refractivity contribution >= 4 is 9.84 Å². The minimum absolute atomic E-state index is 0.253. The average Bonchev–Trinajstić information content (AvgIpc) is 2.28. The molecule has 4 heteroatoms. The Hall–Kier alpha value is -0.0900. The molecule has 18 heavy (non-hydrogen) atoms. The predicted octanol–water partition coefficient (Wildman–Crippen LogP) is 2.47. The molecule has 1 aliphatic carbocycles. The van der Waals surface area contributed by atoms with Gasteiger partial charge in [0.1, 0.15) is 0 Å². The van der Waals surface area contributed by atoms with Crippen LogP contribution >= 0.6 is 0 Å². The van der Waals surface area contributed by atoms with Gasteiger partial charge in [-0.15, -0.1) is 0 Å². The highest BCUT2D eigenvalue weighted by Crippen LogP contribution is 2.33. The fourth-order valence-electron chi connectivity index (χ4n) is 2.98. The third kappa shape index (κ3) is 4.88. The van der Waals surface area contributed by atoms with Crippen molar-refractivity contribution in [2.45, 2.75) is 53.0 Å². The SMILES string of the molecule is CCS(=O)(=O)CCNC1CC(C)CCC1C(C)C. The molecule has 0 radical (unpaired) electrons. The van der Waals surface area contributed by atoms with Crippen LogP contribution in [0.2, 0.25) is 0 Å². The largest absolute Gasteiger partial charge is 0.313 e. The van der Waals surface area contributed by atoms with Crippen molar-refractivity contribution in [3.63, 3.8) is 0 Å². The van der Waals surface area contributed by atoms with E-state index in [1.54, 1.807) is 6.92 Å². The molecule has 0 amide bonds. The van der Waals surface area contributed by atoms with Gasteiger partial charge in [-0.1, -0.05) is 34.1 Å². The summed E-state index contributed by atoms with van der Waals surface area (Å²) in [7, 11) is -2.83. The van der Waals surface area contributed by atoms with Gasteiger partial charge in [0.25, 0.3) is 0 Å². The monoisotopic (exact) mass is 275 g/mol. The minimum atomic E-state index is -2.83. The summed E-state index contributed by atoms with van der Waals surface area (Å²) < 4.78 is 23.0. The molecule has 3 unspecified atom stereocenters. The van der Waals surface area contributed by atoms with Gasteiger partial charge in [0.15, 0.2) is 9.84 Å². The zero-order valence-electron chi connectivity index (χ0n) is 12.3. The molecule has 0 bridgehead atoms. The second-order valence-corrected chi connectivity index (χ2v) is 8.60. The molecule has 0 aliphatic heterocycles. The molecule has 0 aromatic carbocycles. The first-order valence-corrected chi connectivity index (χ1v) is 9.11. The van der Waals surface area contributed by atoms with E-state index in [-0.39, 0.29) is 11.5 Å². The average molecular weight is 275 g/mol. The lowest BCUT2D eigenvalue weighted by Crippen LogP contribution is -2.44. The Bertz CT molecular complexity index is 338. The van der Waals surface area contributed by atoms with Crippen LogP contribution in [0.4, 0.5) is 0 Å². The van der Waals surface area contributed by atoms with Gasteiger partial charge in [-0.3, -0.25) is 0 Å². The first-order chi connectivity index (χ1) is 8.35. The van der Waals surface area contributed by atoms with Gasteiger partial charge >= 0.3 is 0 Å². The van der Waals surface area contributed by atoms with Gasteiger partial charge in [-0.25, -0.2) is 8.42 Å². The maximum Gasteiger partial charge on any atom is 0.151 e. The predicted molar refractivity (Wildman–Crippen MR) is 77.5 cm³/mol. The number of sulfone groups is 1. The molecule has 1 rings (SSSR count). The lowest BCUT2D eigenvalue weighted by atomic mass is 9.74. The molecular weight excluding hydrogens is 246 g/mol. The maximum atomic E-state index is 11.5. The number of nitrogens with one attached hydrogen (secondary N) is 1. The molecule has 0 saturated heterocycles. The van der Waals surface area contributed by atoms with E-state index in [1.165, 1.54) is 19.3 Å². The molecule has 0 heterocycles. The first-order valence-electron chi connectivity index (χ1n) is 7.29. The van der Waals surface area contributed by atoms with Gasteiger partial charge in [0.2, 0.25) is 0 Å². The van der Waals surface area contributed by atoms with Crippen molar-refractivity contribution in [2.75, 3.05) is 18.1 Å². The van der Waals surface area contributed by atoms with E-state index in [4.69, 9.17) is 0 Å². The Labute approximate surface area is 113 Å². The molecule has 1 fully saturated rings. The van der Waals surface area contributed by atoms with E-state index >= 15 is 0 Å². The quantitative estimate of drug-likeness (QED) is 0.810. The summed E-state index contributed by atoms with van der Waals surface area (Å²) in [5.41, 5.74) is 0. The highest BCUT2D eigenvalue weighted by atomic mass is 32.2. The van der Waals surface area contributed by atoms with Crippen LogP contribution in [-0.2, 0) is 9.84 Å². The van der Waals surface area contributed by atoms with Crippen LogP contribution in [-0.4, -0.2) is 32.5 Å². The molecule has 0 aromatic heterocycles. The third-order valence-corrected chi connectivity index (χ3v) is 5.99. The highest BCUT2D eigenvalue weighted by Gasteiger charge is 2.30. The molecule has 1 N–H and O–H groups in total. The van der Waals surface area contributed by atoms with E-state index in [9.17, 15) is 8.42 Å². The van der Waals surface area contributed by atoms with Gasteiger partial charge in [0.05, 0.1) is 5.75 Å². The minimum Gasteiger partial charge on any atom is -0.313 e. The highest BCUT2D eigenvalue weighted by molar-refractivity contribution is 7.91. The lowest BCUT2D eigenvalue weighted by Gasteiger charge is -2.38. The Morgan fingerprint density at radius 2 is 1.94 bits per heavy atom. The molecule has 108 valence electrons. The second-order valence-electron chi connectivity index (χ2n) is 6.12. The van der Waals surface area contributed by atoms with E-state index in [0.29, 0.717) is 24.4 Å². The fourth-order valence-corrected chi connectivity index (χ4v) is 3.70. The summed E-state index contributed by atoms with van der Waals surface area (Å²) in [6.07, 6.45) is 3.78. The van der Waals surface area contributed by atoms with Crippen LogP contribution in [0.3, 0.4) is 0 Å². The zero-order chi connectivity index (χ0) is 13.8. The maximum absolute atomic E-state index is 11.5. The summed E-state index contributed by atoms with van der Waals surface area (Å²) in [6, 6.07) is 0.501. The van der Waals surface area contributed by atoms with Crippen LogP contribution in [0, 0.1) is 17.8 Å². The van der Waals surface area contributed by atoms with Gasteiger partial charge in [-0.05, 0) is 30.6 Å². The molecule has 0 aromatic rings. The van der Waals surface area contributed by atoms with E-state index < -0.39 is 9.84 Å². The second kappa shape index (κ2) is 6.90. The van der Waals surface area contributed by atoms with E-state index in [2.05, 4.69) is 26.1 Å². The molecular formula is C14H29NO2S.